The SMILES string of the molecule is Cc1cccc(C)c1NC(=O)Nc1cc2c(cc1Oc1ccccc1)n(C)c(=O)n2C. The summed E-state index contributed by atoms with van der Waals surface area (Å²) in [7, 11) is 3.40. The lowest BCUT2D eigenvalue weighted by molar-refractivity contribution is 0.262. The first kappa shape index (κ1) is 20.3. The molecule has 0 saturated heterocycles. The van der Waals surface area contributed by atoms with Crippen LogP contribution in [0.1, 0.15) is 11.1 Å². The Balaban J connectivity index is 1.74. The maximum atomic E-state index is 12.8. The van der Waals surface area contributed by atoms with E-state index in [9.17, 15) is 9.59 Å². The zero-order valence-corrected chi connectivity index (χ0v) is 17.9. The lowest BCUT2D eigenvalue weighted by Gasteiger charge is -2.15. The molecule has 3 aromatic carbocycles. The minimum Gasteiger partial charge on any atom is -0.455 e. The number of benzene rings is 3. The Hall–Kier alpha value is -4.00. The Labute approximate surface area is 179 Å². The molecule has 0 atom stereocenters. The normalized spacial score (nSPS) is 10.8. The molecule has 2 N–H and O–H groups in total. The molecule has 4 aromatic rings. The topological polar surface area (TPSA) is 77.3 Å². The van der Waals surface area contributed by atoms with Crippen LogP contribution in [0.2, 0.25) is 0 Å². The van der Waals surface area contributed by atoms with E-state index in [0.717, 1.165) is 16.8 Å². The summed E-state index contributed by atoms with van der Waals surface area (Å²) < 4.78 is 9.14. The maximum Gasteiger partial charge on any atom is 0.328 e. The van der Waals surface area contributed by atoms with Crippen LogP contribution in [0.15, 0.2) is 65.5 Å². The molecule has 4 rings (SSSR count). The summed E-state index contributed by atoms with van der Waals surface area (Å²) in [4.78, 5) is 25.2. The number of anilines is 2. The molecule has 31 heavy (non-hydrogen) atoms. The summed E-state index contributed by atoms with van der Waals surface area (Å²) >= 11 is 0. The second-order valence-electron chi connectivity index (χ2n) is 7.50. The third-order valence-corrected chi connectivity index (χ3v) is 5.31. The van der Waals surface area contributed by atoms with E-state index in [0.29, 0.717) is 28.2 Å². The predicted molar refractivity (Wildman–Crippen MR) is 123 cm³/mol. The summed E-state index contributed by atoms with van der Waals surface area (Å²) in [6.45, 7) is 3.89. The first-order valence-corrected chi connectivity index (χ1v) is 9.91. The van der Waals surface area contributed by atoms with E-state index in [1.807, 2.05) is 62.4 Å². The van der Waals surface area contributed by atoms with Crippen LogP contribution in [0, 0.1) is 13.8 Å². The number of nitrogens with one attached hydrogen (secondary N) is 2. The fourth-order valence-corrected chi connectivity index (χ4v) is 3.60. The molecule has 1 aromatic heterocycles. The number of aryl methyl sites for hydroxylation is 4. The van der Waals surface area contributed by atoms with Crippen LogP contribution in [0.5, 0.6) is 11.5 Å². The number of urea groups is 1. The Morgan fingerprint density at radius 1 is 0.839 bits per heavy atom. The van der Waals surface area contributed by atoms with Crippen molar-refractivity contribution >= 4 is 28.4 Å². The third-order valence-electron chi connectivity index (χ3n) is 5.31. The monoisotopic (exact) mass is 416 g/mol. The number of rotatable bonds is 4. The number of aromatic nitrogens is 2. The summed E-state index contributed by atoms with van der Waals surface area (Å²) in [5.41, 5.74) is 4.40. The van der Waals surface area contributed by atoms with Gasteiger partial charge in [-0.15, -0.1) is 0 Å². The van der Waals surface area contributed by atoms with E-state index >= 15 is 0 Å². The van der Waals surface area contributed by atoms with Crippen molar-refractivity contribution in [1.82, 2.24) is 9.13 Å². The van der Waals surface area contributed by atoms with Crippen molar-refractivity contribution in [3.05, 3.63) is 82.3 Å². The zero-order chi connectivity index (χ0) is 22.1. The Bertz CT molecular complexity index is 1320. The van der Waals surface area contributed by atoms with Crippen molar-refractivity contribution < 1.29 is 9.53 Å². The van der Waals surface area contributed by atoms with E-state index in [-0.39, 0.29) is 5.69 Å². The molecule has 0 saturated carbocycles. The molecular formula is C24H24N4O3. The first-order valence-electron chi connectivity index (χ1n) is 9.91. The van der Waals surface area contributed by atoms with Crippen LogP contribution >= 0.6 is 0 Å². The molecule has 0 aliphatic heterocycles. The van der Waals surface area contributed by atoms with Gasteiger partial charge >= 0.3 is 11.7 Å². The quantitative estimate of drug-likeness (QED) is 0.495. The van der Waals surface area contributed by atoms with Crippen LogP contribution < -0.4 is 21.1 Å². The van der Waals surface area contributed by atoms with Gasteiger partial charge in [0.15, 0.2) is 5.75 Å². The summed E-state index contributed by atoms with van der Waals surface area (Å²) in [6.07, 6.45) is 0. The standard InChI is InChI=1S/C24H24N4O3/c1-15-9-8-10-16(2)22(15)26-23(29)25-18-13-19-20(28(4)24(30)27(19)3)14-21(18)31-17-11-6-5-7-12-17/h5-14H,1-4H3,(H2,25,26,29). The van der Waals surface area contributed by atoms with Crippen LogP contribution in [0.3, 0.4) is 0 Å². The van der Waals surface area contributed by atoms with Crippen LogP contribution in [-0.2, 0) is 14.1 Å². The van der Waals surface area contributed by atoms with Crippen molar-refractivity contribution in [2.24, 2.45) is 14.1 Å². The molecule has 0 radical (unpaired) electrons. The Morgan fingerprint density at radius 2 is 1.45 bits per heavy atom. The molecule has 1 heterocycles. The Kier molecular flexibility index (Phi) is 5.25. The van der Waals surface area contributed by atoms with Crippen molar-refractivity contribution in [2.75, 3.05) is 10.6 Å². The highest BCUT2D eigenvalue weighted by atomic mass is 16.5. The smallest absolute Gasteiger partial charge is 0.328 e. The average molecular weight is 416 g/mol. The number of nitrogens with zero attached hydrogens (tertiary/aromatic N) is 2. The molecule has 7 nitrogen and oxygen atoms in total. The van der Waals surface area contributed by atoms with Gasteiger partial charge in [-0.05, 0) is 43.2 Å². The number of ether oxygens (including phenoxy) is 1. The number of carbonyl (C=O) groups is 1. The average Bonchev–Trinajstić information content (AvgIpc) is 2.95. The van der Waals surface area contributed by atoms with Crippen molar-refractivity contribution in [2.45, 2.75) is 13.8 Å². The fraction of sp³-hybridized carbons (Fsp3) is 0.167. The molecule has 0 aliphatic carbocycles. The van der Waals surface area contributed by atoms with E-state index in [4.69, 9.17) is 4.74 Å². The van der Waals surface area contributed by atoms with E-state index in [2.05, 4.69) is 10.6 Å². The largest absolute Gasteiger partial charge is 0.455 e. The lowest BCUT2D eigenvalue weighted by atomic mass is 10.1. The Morgan fingerprint density at radius 3 is 2.10 bits per heavy atom. The van der Waals surface area contributed by atoms with Gasteiger partial charge in [0.25, 0.3) is 0 Å². The maximum absolute atomic E-state index is 12.8. The molecule has 2 amide bonds. The highest BCUT2D eigenvalue weighted by molar-refractivity contribution is 6.03. The zero-order valence-electron chi connectivity index (χ0n) is 17.9. The molecule has 158 valence electrons. The number of fused-ring (bicyclic) bond motifs is 1. The second-order valence-corrected chi connectivity index (χ2v) is 7.50. The number of hydrogen-bond donors (Lipinski definition) is 2. The highest BCUT2D eigenvalue weighted by Crippen LogP contribution is 2.34. The summed E-state index contributed by atoms with van der Waals surface area (Å²) in [5, 5.41) is 5.80. The van der Waals surface area contributed by atoms with Crippen LogP contribution in [-0.4, -0.2) is 15.2 Å². The number of para-hydroxylation sites is 2. The van der Waals surface area contributed by atoms with Gasteiger partial charge in [-0.2, -0.15) is 0 Å². The fourth-order valence-electron chi connectivity index (χ4n) is 3.60. The molecule has 0 fully saturated rings. The van der Waals surface area contributed by atoms with Crippen LogP contribution in [0.4, 0.5) is 16.2 Å². The van der Waals surface area contributed by atoms with Crippen molar-refractivity contribution in [1.29, 1.82) is 0 Å². The van der Waals surface area contributed by atoms with Gasteiger partial charge in [0, 0.05) is 25.8 Å². The van der Waals surface area contributed by atoms with Gasteiger partial charge in [-0.1, -0.05) is 36.4 Å². The molecule has 0 aliphatic rings. The van der Waals surface area contributed by atoms with E-state index in [1.165, 1.54) is 4.57 Å². The molecule has 0 unspecified atom stereocenters. The lowest BCUT2D eigenvalue weighted by Crippen LogP contribution is -2.21. The van der Waals surface area contributed by atoms with Crippen molar-refractivity contribution in [3.63, 3.8) is 0 Å². The number of carbonyl (C=O) groups excluding carboxylic acids is 1. The summed E-state index contributed by atoms with van der Waals surface area (Å²) in [6, 6.07) is 18.2. The van der Waals surface area contributed by atoms with Gasteiger partial charge in [0.1, 0.15) is 5.75 Å². The molecule has 7 heteroatoms. The first-order chi connectivity index (χ1) is 14.8. The minimum absolute atomic E-state index is 0.155. The minimum atomic E-state index is -0.393. The van der Waals surface area contributed by atoms with Gasteiger partial charge in [-0.3, -0.25) is 9.13 Å². The molecule has 0 spiro atoms. The van der Waals surface area contributed by atoms with Gasteiger partial charge in [0.2, 0.25) is 0 Å². The van der Waals surface area contributed by atoms with Gasteiger partial charge in [0.05, 0.1) is 16.7 Å². The highest BCUT2D eigenvalue weighted by Gasteiger charge is 2.16. The number of imidazole rings is 1. The second kappa shape index (κ2) is 8.02. The number of hydrogen-bond acceptors (Lipinski definition) is 3. The van der Waals surface area contributed by atoms with E-state index in [1.54, 1.807) is 30.8 Å². The van der Waals surface area contributed by atoms with Gasteiger partial charge < -0.3 is 15.4 Å². The summed E-state index contributed by atoms with van der Waals surface area (Å²) in [5.74, 6) is 1.07. The predicted octanol–water partition coefficient (Wildman–Crippen LogP) is 4.93. The molecule has 0 bridgehead atoms. The third kappa shape index (κ3) is 3.90. The molecular weight excluding hydrogens is 392 g/mol. The van der Waals surface area contributed by atoms with Crippen LogP contribution in [0.25, 0.3) is 11.0 Å². The van der Waals surface area contributed by atoms with E-state index < -0.39 is 6.03 Å². The number of amides is 2. The van der Waals surface area contributed by atoms with Gasteiger partial charge in [-0.25, -0.2) is 9.59 Å². The van der Waals surface area contributed by atoms with Crippen molar-refractivity contribution in [3.8, 4) is 11.5 Å².